The SMILES string of the molecule is Oc1cccc2cc3cccccc-3c12. The Bertz CT molecular complexity index is 598. The van der Waals surface area contributed by atoms with Crippen LogP contribution in [0.5, 0.6) is 5.75 Å². The Morgan fingerprint density at radius 1 is 0.800 bits per heavy atom. The highest BCUT2D eigenvalue weighted by molar-refractivity contribution is 6.05. The maximum atomic E-state index is 9.84. The van der Waals surface area contributed by atoms with Crippen LogP contribution in [0, 0.1) is 0 Å². The highest BCUT2D eigenvalue weighted by Crippen LogP contribution is 2.38. The van der Waals surface area contributed by atoms with Gasteiger partial charge in [-0.3, -0.25) is 0 Å². The van der Waals surface area contributed by atoms with E-state index >= 15 is 0 Å². The summed E-state index contributed by atoms with van der Waals surface area (Å²) in [6, 6.07) is 17.8. The van der Waals surface area contributed by atoms with Crippen molar-refractivity contribution >= 4 is 10.8 Å². The summed E-state index contributed by atoms with van der Waals surface area (Å²) in [5.41, 5.74) is 2.27. The van der Waals surface area contributed by atoms with Crippen molar-refractivity contribution < 1.29 is 5.11 Å². The van der Waals surface area contributed by atoms with Gasteiger partial charge in [0.2, 0.25) is 0 Å². The summed E-state index contributed by atoms with van der Waals surface area (Å²) in [4.78, 5) is 0. The average Bonchev–Trinajstić information content (AvgIpc) is 2.43. The monoisotopic (exact) mass is 194 g/mol. The minimum Gasteiger partial charge on any atom is -0.507 e. The van der Waals surface area contributed by atoms with E-state index in [2.05, 4.69) is 12.1 Å². The molecule has 2 aliphatic carbocycles. The second-order valence-electron chi connectivity index (χ2n) is 3.67. The second-order valence-corrected chi connectivity index (χ2v) is 3.67. The van der Waals surface area contributed by atoms with E-state index in [0.717, 1.165) is 21.9 Å². The molecule has 3 rings (SSSR count). The van der Waals surface area contributed by atoms with Gasteiger partial charge in [-0.2, -0.15) is 0 Å². The van der Waals surface area contributed by atoms with Gasteiger partial charge in [-0.05, 0) is 28.6 Å². The van der Waals surface area contributed by atoms with Crippen molar-refractivity contribution in [2.75, 3.05) is 0 Å². The highest BCUT2D eigenvalue weighted by atomic mass is 16.3. The van der Waals surface area contributed by atoms with E-state index < -0.39 is 0 Å². The molecular formula is C14H10O. The Balaban J connectivity index is 2.54. The first-order valence-corrected chi connectivity index (χ1v) is 4.96. The lowest BCUT2D eigenvalue weighted by molar-refractivity contribution is 0.482. The molecule has 72 valence electrons. The van der Waals surface area contributed by atoms with Crippen LogP contribution in [-0.2, 0) is 0 Å². The zero-order valence-electron chi connectivity index (χ0n) is 8.14. The summed E-state index contributed by atoms with van der Waals surface area (Å²) in [5, 5.41) is 11.9. The quantitative estimate of drug-likeness (QED) is 0.579. The van der Waals surface area contributed by atoms with Crippen LogP contribution in [0.2, 0.25) is 0 Å². The van der Waals surface area contributed by atoms with Crippen molar-refractivity contribution in [1.29, 1.82) is 0 Å². The molecule has 1 aromatic carbocycles. The first-order valence-electron chi connectivity index (χ1n) is 4.96. The van der Waals surface area contributed by atoms with Gasteiger partial charge in [0.25, 0.3) is 0 Å². The van der Waals surface area contributed by atoms with Crippen molar-refractivity contribution in [2.24, 2.45) is 0 Å². The Kier molecular flexibility index (Phi) is 1.65. The molecule has 0 saturated carbocycles. The third-order valence-corrected chi connectivity index (χ3v) is 2.73. The van der Waals surface area contributed by atoms with E-state index in [4.69, 9.17) is 0 Å². The summed E-state index contributed by atoms with van der Waals surface area (Å²) in [7, 11) is 0. The lowest BCUT2D eigenvalue weighted by atomic mass is 10.1. The summed E-state index contributed by atoms with van der Waals surface area (Å²) < 4.78 is 0. The predicted molar refractivity (Wildman–Crippen MR) is 62.2 cm³/mol. The van der Waals surface area contributed by atoms with Gasteiger partial charge in [0.05, 0.1) is 0 Å². The van der Waals surface area contributed by atoms with E-state index in [1.54, 1.807) is 6.07 Å². The topological polar surface area (TPSA) is 20.2 Å². The fraction of sp³-hybridized carbons (Fsp3) is 0. The first-order chi connectivity index (χ1) is 7.36. The van der Waals surface area contributed by atoms with Gasteiger partial charge in [-0.15, -0.1) is 0 Å². The molecule has 2 aliphatic rings. The fourth-order valence-corrected chi connectivity index (χ4v) is 2.05. The van der Waals surface area contributed by atoms with E-state index in [-0.39, 0.29) is 0 Å². The number of phenolic OH excluding ortho intramolecular Hbond substituents is 1. The van der Waals surface area contributed by atoms with E-state index in [1.807, 2.05) is 36.4 Å². The zero-order chi connectivity index (χ0) is 10.3. The Labute approximate surface area is 87.9 Å². The molecule has 1 N–H and O–H groups in total. The summed E-state index contributed by atoms with van der Waals surface area (Å²) in [5.74, 6) is 0.355. The third-order valence-electron chi connectivity index (χ3n) is 2.73. The van der Waals surface area contributed by atoms with Crippen molar-refractivity contribution in [3.63, 3.8) is 0 Å². The number of fused-ring (bicyclic) bond motifs is 3. The summed E-state index contributed by atoms with van der Waals surface area (Å²) in [6.45, 7) is 0. The van der Waals surface area contributed by atoms with Crippen LogP contribution in [0.25, 0.3) is 21.9 Å². The minimum absolute atomic E-state index is 0.355. The number of rotatable bonds is 0. The van der Waals surface area contributed by atoms with Gasteiger partial charge >= 0.3 is 0 Å². The van der Waals surface area contributed by atoms with Crippen LogP contribution < -0.4 is 0 Å². The van der Waals surface area contributed by atoms with Gasteiger partial charge in [0.15, 0.2) is 0 Å². The molecule has 15 heavy (non-hydrogen) atoms. The van der Waals surface area contributed by atoms with E-state index in [1.165, 1.54) is 0 Å². The molecule has 1 heteroatoms. The predicted octanol–water partition coefficient (Wildman–Crippen LogP) is 3.65. The van der Waals surface area contributed by atoms with Gasteiger partial charge in [-0.1, -0.05) is 42.5 Å². The van der Waals surface area contributed by atoms with E-state index in [9.17, 15) is 5.11 Å². The molecular weight excluding hydrogens is 184 g/mol. The van der Waals surface area contributed by atoms with E-state index in [0.29, 0.717) is 5.75 Å². The minimum atomic E-state index is 0.355. The molecule has 0 amide bonds. The Morgan fingerprint density at radius 2 is 1.67 bits per heavy atom. The van der Waals surface area contributed by atoms with Crippen LogP contribution in [0.4, 0.5) is 0 Å². The van der Waals surface area contributed by atoms with Crippen molar-refractivity contribution in [3.05, 3.63) is 54.6 Å². The van der Waals surface area contributed by atoms with Crippen molar-refractivity contribution in [2.45, 2.75) is 0 Å². The Hall–Kier alpha value is -2.02. The molecule has 1 nitrogen and oxygen atoms in total. The zero-order valence-corrected chi connectivity index (χ0v) is 8.14. The third kappa shape index (κ3) is 1.17. The number of aromatic hydroxyl groups is 1. The maximum Gasteiger partial charge on any atom is 0.124 e. The largest absolute Gasteiger partial charge is 0.507 e. The van der Waals surface area contributed by atoms with Gasteiger partial charge in [-0.25, -0.2) is 0 Å². The fourth-order valence-electron chi connectivity index (χ4n) is 2.05. The summed E-state index contributed by atoms with van der Waals surface area (Å²) >= 11 is 0. The first kappa shape index (κ1) is 8.30. The van der Waals surface area contributed by atoms with Gasteiger partial charge in [0.1, 0.15) is 5.75 Å². The molecule has 0 atom stereocenters. The molecule has 0 unspecified atom stereocenters. The van der Waals surface area contributed by atoms with Crippen LogP contribution >= 0.6 is 0 Å². The molecule has 0 heterocycles. The normalized spacial score (nSPS) is 10.9. The molecule has 0 spiro atoms. The molecule has 0 fully saturated rings. The standard InChI is InChI=1S/C14H10O/c15-13-8-4-6-11-9-10-5-2-1-3-7-12(10)14(11)13/h1-9,15H. The maximum absolute atomic E-state index is 9.84. The molecule has 0 aromatic heterocycles. The number of hydrogen-bond acceptors (Lipinski definition) is 1. The highest BCUT2D eigenvalue weighted by Gasteiger charge is 2.10. The van der Waals surface area contributed by atoms with Gasteiger partial charge in [0, 0.05) is 5.39 Å². The van der Waals surface area contributed by atoms with Gasteiger partial charge < -0.3 is 5.11 Å². The molecule has 0 saturated heterocycles. The molecule has 0 radical (unpaired) electrons. The molecule has 0 bridgehead atoms. The van der Waals surface area contributed by atoms with Crippen molar-refractivity contribution in [1.82, 2.24) is 0 Å². The van der Waals surface area contributed by atoms with Crippen LogP contribution in [-0.4, -0.2) is 5.11 Å². The smallest absolute Gasteiger partial charge is 0.124 e. The lowest BCUT2D eigenvalue weighted by Crippen LogP contribution is -1.69. The summed E-state index contributed by atoms with van der Waals surface area (Å²) in [6.07, 6.45) is 0. The van der Waals surface area contributed by atoms with Crippen molar-refractivity contribution in [3.8, 4) is 16.9 Å². The lowest BCUT2D eigenvalue weighted by Gasteiger charge is -1.96. The number of phenols is 1. The molecule has 1 aromatic rings. The number of hydrogen-bond donors (Lipinski definition) is 1. The van der Waals surface area contributed by atoms with Crippen LogP contribution in [0.15, 0.2) is 54.6 Å². The molecule has 0 aliphatic heterocycles. The number of benzene rings is 1. The Morgan fingerprint density at radius 3 is 2.60 bits per heavy atom. The second kappa shape index (κ2) is 2.99. The average molecular weight is 194 g/mol. The van der Waals surface area contributed by atoms with Crippen LogP contribution in [0.1, 0.15) is 0 Å². The van der Waals surface area contributed by atoms with Crippen LogP contribution in [0.3, 0.4) is 0 Å².